The molecular weight excluding hydrogens is 238 g/mol. The maximum atomic E-state index is 9.87. The summed E-state index contributed by atoms with van der Waals surface area (Å²) in [5, 5.41) is 9.87. The molecule has 0 aliphatic heterocycles. The van der Waals surface area contributed by atoms with Gasteiger partial charge < -0.3 is 10.8 Å². The van der Waals surface area contributed by atoms with Gasteiger partial charge in [0.1, 0.15) is 0 Å². The van der Waals surface area contributed by atoms with Crippen LogP contribution in [-0.4, -0.2) is 14.5 Å². The Morgan fingerprint density at radius 1 is 1.21 bits per heavy atom. The van der Waals surface area contributed by atoms with Crippen molar-refractivity contribution in [1.82, 2.24) is 9.38 Å². The molecule has 0 spiro atoms. The van der Waals surface area contributed by atoms with E-state index in [1.165, 1.54) is 5.56 Å². The number of rotatable bonds is 2. The predicted molar refractivity (Wildman–Crippen MR) is 74.9 cm³/mol. The number of nitrogens with zero attached hydrogens (tertiary/aromatic N) is 2. The molecule has 3 aromatic rings. The van der Waals surface area contributed by atoms with Gasteiger partial charge in [-0.2, -0.15) is 0 Å². The van der Waals surface area contributed by atoms with E-state index in [2.05, 4.69) is 4.98 Å². The molecule has 4 heteroatoms. The van der Waals surface area contributed by atoms with Gasteiger partial charge in [0.15, 0.2) is 11.4 Å². The maximum absolute atomic E-state index is 9.87. The SMILES string of the molecule is Cc1ccc(-c2nc3c(O)cccn3c2CN)cc1. The average Bonchev–Trinajstić information content (AvgIpc) is 2.79. The average molecular weight is 253 g/mol. The lowest BCUT2D eigenvalue weighted by molar-refractivity contribution is 0.477. The van der Waals surface area contributed by atoms with Crippen LogP contribution in [-0.2, 0) is 6.54 Å². The van der Waals surface area contributed by atoms with E-state index in [-0.39, 0.29) is 5.75 Å². The first kappa shape index (κ1) is 11.7. The van der Waals surface area contributed by atoms with E-state index in [9.17, 15) is 5.11 Å². The van der Waals surface area contributed by atoms with Gasteiger partial charge in [0.2, 0.25) is 0 Å². The Hall–Kier alpha value is -2.33. The number of benzene rings is 1. The van der Waals surface area contributed by atoms with Crippen molar-refractivity contribution in [3.63, 3.8) is 0 Å². The zero-order chi connectivity index (χ0) is 13.4. The van der Waals surface area contributed by atoms with Gasteiger partial charge in [-0.05, 0) is 19.1 Å². The van der Waals surface area contributed by atoms with Gasteiger partial charge in [0.05, 0.1) is 11.4 Å². The highest BCUT2D eigenvalue weighted by atomic mass is 16.3. The molecule has 0 aliphatic carbocycles. The maximum Gasteiger partial charge on any atom is 0.180 e. The monoisotopic (exact) mass is 253 g/mol. The quantitative estimate of drug-likeness (QED) is 0.737. The molecule has 2 aromatic heterocycles. The van der Waals surface area contributed by atoms with Crippen LogP contribution in [0, 0.1) is 6.92 Å². The summed E-state index contributed by atoms with van der Waals surface area (Å²) < 4.78 is 1.84. The Bertz CT molecular complexity index is 729. The van der Waals surface area contributed by atoms with Crippen LogP contribution in [0.5, 0.6) is 5.75 Å². The fourth-order valence-electron chi connectivity index (χ4n) is 2.24. The van der Waals surface area contributed by atoms with Crippen molar-refractivity contribution < 1.29 is 5.11 Å². The molecule has 19 heavy (non-hydrogen) atoms. The van der Waals surface area contributed by atoms with E-state index < -0.39 is 0 Å². The number of hydrogen-bond donors (Lipinski definition) is 2. The summed E-state index contributed by atoms with van der Waals surface area (Å²) in [6.45, 7) is 2.41. The minimum Gasteiger partial charge on any atom is -0.504 e. The van der Waals surface area contributed by atoms with E-state index in [1.54, 1.807) is 12.1 Å². The number of fused-ring (bicyclic) bond motifs is 1. The summed E-state index contributed by atoms with van der Waals surface area (Å²) in [5.74, 6) is 0.163. The van der Waals surface area contributed by atoms with Crippen LogP contribution in [0.15, 0.2) is 42.6 Å². The number of aromatic hydroxyl groups is 1. The Kier molecular flexibility index (Phi) is 2.72. The van der Waals surface area contributed by atoms with Crippen molar-refractivity contribution in [2.24, 2.45) is 5.73 Å². The molecule has 0 saturated heterocycles. The fraction of sp³-hybridized carbons (Fsp3) is 0.133. The van der Waals surface area contributed by atoms with Crippen LogP contribution in [0.3, 0.4) is 0 Å². The first-order valence-electron chi connectivity index (χ1n) is 6.16. The summed E-state index contributed by atoms with van der Waals surface area (Å²) in [6.07, 6.45) is 1.86. The Morgan fingerprint density at radius 3 is 2.63 bits per heavy atom. The van der Waals surface area contributed by atoms with Crippen molar-refractivity contribution in [3.8, 4) is 17.0 Å². The van der Waals surface area contributed by atoms with Gasteiger partial charge >= 0.3 is 0 Å². The van der Waals surface area contributed by atoms with E-state index in [0.29, 0.717) is 12.2 Å². The largest absolute Gasteiger partial charge is 0.504 e. The molecule has 0 bridgehead atoms. The topological polar surface area (TPSA) is 63.5 Å². The predicted octanol–water partition coefficient (Wildman–Crippen LogP) is 2.47. The molecule has 1 aromatic carbocycles. The number of pyridine rings is 1. The summed E-state index contributed by atoms with van der Waals surface area (Å²) in [7, 11) is 0. The van der Waals surface area contributed by atoms with Crippen molar-refractivity contribution in [2.45, 2.75) is 13.5 Å². The van der Waals surface area contributed by atoms with Gasteiger partial charge in [0.25, 0.3) is 0 Å². The molecule has 0 fully saturated rings. The third-order valence-electron chi connectivity index (χ3n) is 3.25. The Morgan fingerprint density at radius 2 is 1.95 bits per heavy atom. The highest BCUT2D eigenvalue weighted by Gasteiger charge is 2.14. The first-order valence-corrected chi connectivity index (χ1v) is 6.16. The molecule has 0 radical (unpaired) electrons. The third-order valence-corrected chi connectivity index (χ3v) is 3.25. The molecule has 3 rings (SSSR count). The first-order chi connectivity index (χ1) is 9.20. The van der Waals surface area contributed by atoms with Crippen LogP contribution < -0.4 is 5.73 Å². The number of imidazole rings is 1. The standard InChI is InChI=1S/C15H15N3O/c1-10-4-6-11(7-5-10)14-12(9-16)18-8-2-3-13(19)15(18)17-14/h2-8,19H,9,16H2,1H3. The number of nitrogens with two attached hydrogens (primary N) is 1. The van der Waals surface area contributed by atoms with E-state index in [0.717, 1.165) is 17.0 Å². The van der Waals surface area contributed by atoms with Crippen LogP contribution >= 0.6 is 0 Å². The third kappa shape index (κ3) is 1.86. The van der Waals surface area contributed by atoms with Crippen molar-refractivity contribution in [1.29, 1.82) is 0 Å². The highest BCUT2D eigenvalue weighted by Crippen LogP contribution is 2.27. The van der Waals surface area contributed by atoms with Gasteiger partial charge in [-0.15, -0.1) is 0 Å². The van der Waals surface area contributed by atoms with Gasteiger partial charge in [-0.1, -0.05) is 29.8 Å². The van der Waals surface area contributed by atoms with Gasteiger partial charge in [-0.3, -0.25) is 4.40 Å². The molecule has 0 amide bonds. The van der Waals surface area contributed by atoms with Crippen LogP contribution in [0.4, 0.5) is 0 Å². The lowest BCUT2D eigenvalue weighted by Crippen LogP contribution is -2.02. The second-order valence-corrected chi connectivity index (χ2v) is 4.56. The number of aromatic nitrogens is 2. The van der Waals surface area contributed by atoms with Crippen LogP contribution in [0.2, 0.25) is 0 Å². The molecule has 0 aliphatic rings. The lowest BCUT2D eigenvalue weighted by Gasteiger charge is -2.02. The normalized spacial score (nSPS) is 11.1. The number of hydrogen-bond acceptors (Lipinski definition) is 3. The minimum atomic E-state index is 0.163. The van der Waals surface area contributed by atoms with E-state index in [4.69, 9.17) is 5.73 Å². The molecule has 4 nitrogen and oxygen atoms in total. The summed E-state index contributed by atoms with van der Waals surface area (Å²) >= 11 is 0. The van der Waals surface area contributed by atoms with Gasteiger partial charge in [0, 0.05) is 18.3 Å². The van der Waals surface area contributed by atoms with Crippen molar-refractivity contribution in [2.75, 3.05) is 0 Å². The van der Waals surface area contributed by atoms with Crippen LogP contribution in [0.25, 0.3) is 16.9 Å². The smallest absolute Gasteiger partial charge is 0.180 e. The van der Waals surface area contributed by atoms with E-state index >= 15 is 0 Å². The molecule has 0 atom stereocenters. The molecule has 0 saturated carbocycles. The summed E-state index contributed by atoms with van der Waals surface area (Å²) in [6, 6.07) is 11.5. The molecule has 2 heterocycles. The second kappa shape index (κ2) is 4.40. The minimum absolute atomic E-state index is 0.163. The van der Waals surface area contributed by atoms with Crippen molar-refractivity contribution >= 4 is 5.65 Å². The molecule has 96 valence electrons. The summed E-state index contributed by atoms with van der Waals surface area (Å²) in [5.41, 5.74) is 10.3. The van der Waals surface area contributed by atoms with Crippen LogP contribution in [0.1, 0.15) is 11.3 Å². The summed E-state index contributed by atoms with van der Waals surface area (Å²) in [4.78, 5) is 4.52. The number of aryl methyl sites for hydroxylation is 1. The fourth-order valence-corrected chi connectivity index (χ4v) is 2.24. The van der Waals surface area contributed by atoms with E-state index in [1.807, 2.05) is 41.8 Å². The second-order valence-electron chi connectivity index (χ2n) is 4.56. The zero-order valence-corrected chi connectivity index (χ0v) is 10.7. The molecular formula is C15H15N3O. The molecule has 0 unspecified atom stereocenters. The lowest BCUT2D eigenvalue weighted by atomic mass is 10.1. The Balaban J connectivity index is 2.29. The molecule has 3 N–H and O–H groups in total. The van der Waals surface area contributed by atoms with Gasteiger partial charge in [-0.25, -0.2) is 4.98 Å². The van der Waals surface area contributed by atoms with Crippen molar-refractivity contribution in [3.05, 3.63) is 53.9 Å². The highest BCUT2D eigenvalue weighted by molar-refractivity contribution is 5.69. The Labute approximate surface area is 111 Å². The zero-order valence-electron chi connectivity index (χ0n) is 10.7.